The van der Waals surface area contributed by atoms with Gasteiger partial charge in [0, 0.05) is 6.04 Å². The molecule has 2 rings (SSSR count). The minimum Gasteiger partial charge on any atom is -0.327 e. The summed E-state index contributed by atoms with van der Waals surface area (Å²) in [6.07, 6.45) is 11.5. The van der Waals surface area contributed by atoms with E-state index < -0.39 is 0 Å². The second-order valence-corrected chi connectivity index (χ2v) is 5.60. The van der Waals surface area contributed by atoms with E-state index in [1.807, 2.05) is 0 Å². The SMILES string of the molecule is CC(C(N)CC1CCCCC1)C1CC1. The van der Waals surface area contributed by atoms with E-state index in [4.69, 9.17) is 5.73 Å². The van der Waals surface area contributed by atoms with Gasteiger partial charge in [0.1, 0.15) is 0 Å². The lowest BCUT2D eigenvalue weighted by atomic mass is 9.81. The topological polar surface area (TPSA) is 26.0 Å². The third kappa shape index (κ3) is 2.73. The Morgan fingerprint density at radius 3 is 2.29 bits per heavy atom. The molecule has 2 atom stereocenters. The van der Waals surface area contributed by atoms with Crippen molar-refractivity contribution in [2.45, 2.75) is 64.3 Å². The molecule has 0 aromatic carbocycles. The molecule has 0 amide bonds. The summed E-state index contributed by atoms with van der Waals surface area (Å²) < 4.78 is 0. The van der Waals surface area contributed by atoms with Crippen molar-refractivity contribution in [1.82, 2.24) is 0 Å². The standard InChI is InChI=1S/C13H25N/c1-10(12-7-8-12)13(14)9-11-5-3-2-4-6-11/h10-13H,2-9,14H2,1H3. The van der Waals surface area contributed by atoms with Gasteiger partial charge in [-0.1, -0.05) is 39.0 Å². The van der Waals surface area contributed by atoms with Crippen molar-refractivity contribution in [1.29, 1.82) is 0 Å². The van der Waals surface area contributed by atoms with Crippen LogP contribution in [0.1, 0.15) is 58.3 Å². The molecule has 2 fully saturated rings. The fourth-order valence-corrected chi connectivity index (χ4v) is 2.99. The van der Waals surface area contributed by atoms with Crippen LogP contribution in [-0.2, 0) is 0 Å². The first-order valence-corrected chi connectivity index (χ1v) is 6.53. The van der Waals surface area contributed by atoms with Gasteiger partial charge in [0.05, 0.1) is 0 Å². The Balaban J connectivity index is 1.71. The van der Waals surface area contributed by atoms with Gasteiger partial charge >= 0.3 is 0 Å². The average molecular weight is 195 g/mol. The summed E-state index contributed by atoms with van der Waals surface area (Å²) in [5.41, 5.74) is 6.29. The van der Waals surface area contributed by atoms with Gasteiger partial charge in [-0.25, -0.2) is 0 Å². The van der Waals surface area contributed by atoms with Crippen molar-refractivity contribution < 1.29 is 0 Å². The highest BCUT2D eigenvalue weighted by Crippen LogP contribution is 2.39. The molecule has 2 unspecified atom stereocenters. The van der Waals surface area contributed by atoms with Crippen LogP contribution >= 0.6 is 0 Å². The van der Waals surface area contributed by atoms with Crippen LogP contribution in [0.15, 0.2) is 0 Å². The molecule has 0 aromatic rings. The van der Waals surface area contributed by atoms with Crippen LogP contribution in [0.5, 0.6) is 0 Å². The Bertz CT molecular complexity index is 168. The third-order valence-corrected chi connectivity index (χ3v) is 4.37. The van der Waals surface area contributed by atoms with Crippen LogP contribution in [-0.4, -0.2) is 6.04 Å². The minimum atomic E-state index is 0.491. The third-order valence-electron chi connectivity index (χ3n) is 4.37. The van der Waals surface area contributed by atoms with E-state index in [2.05, 4.69) is 6.92 Å². The Kier molecular flexibility index (Phi) is 3.48. The number of hydrogen-bond acceptors (Lipinski definition) is 1. The van der Waals surface area contributed by atoms with Gasteiger partial charge in [0.25, 0.3) is 0 Å². The van der Waals surface area contributed by atoms with Gasteiger partial charge in [-0.05, 0) is 37.0 Å². The molecular weight excluding hydrogens is 170 g/mol. The van der Waals surface area contributed by atoms with E-state index in [-0.39, 0.29) is 0 Å². The largest absolute Gasteiger partial charge is 0.327 e. The number of hydrogen-bond donors (Lipinski definition) is 1. The first kappa shape index (κ1) is 10.5. The van der Waals surface area contributed by atoms with Crippen LogP contribution < -0.4 is 5.73 Å². The van der Waals surface area contributed by atoms with E-state index in [9.17, 15) is 0 Å². The van der Waals surface area contributed by atoms with Crippen molar-refractivity contribution >= 4 is 0 Å². The van der Waals surface area contributed by atoms with Gasteiger partial charge in [-0.15, -0.1) is 0 Å². The summed E-state index contributed by atoms with van der Waals surface area (Å²) in [5.74, 6) is 2.73. The van der Waals surface area contributed by atoms with Crippen molar-refractivity contribution in [2.24, 2.45) is 23.5 Å². The molecule has 0 saturated heterocycles. The molecule has 0 aromatic heterocycles. The quantitative estimate of drug-likeness (QED) is 0.731. The highest BCUT2D eigenvalue weighted by molar-refractivity contribution is 4.86. The first-order chi connectivity index (χ1) is 6.77. The van der Waals surface area contributed by atoms with Gasteiger partial charge in [0.15, 0.2) is 0 Å². The van der Waals surface area contributed by atoms with Crippen LogP contribution in [0.4, 0.5) is 0 Å². The molecule has 0 bridgehead atoms. The molecule has 14 heavy (non-hydrogen) atoms. The molecule has 0 spiro atoms. The molecule has 0 radical (unpaired) electrons. The Morgan fingerprint density at radius 1 is 1.07 bits per heavy atom. The first-order valence-electron chi connectivity index (χ1n) is 6.53. The molecule has 2 N–H and O–H groups in total. The maximum absolute atomic E-state index is 6.29. The maximum Gasteiger partial charge on any atom is 0.00698 e. The molecule has 0 heterocycles. The van der Waals surface area contributed by atoms with Crippen molar-refractivity contribution in [3.8, 4) is 0 Å². The van der Waals surface area contributed by atoms with Gasteiger partial charge in [-0.2, -0.15) is 0 Å². The normalized spacial score (nSPS) is 28.7. The second-order valence-electron chi connectivity index (χ2n) is 5.60. The predicted octanol–water partition coefficient (Wildman–Crippen LogP) is 3.33. The van der Waals surface area contributed by atoms with Crippen LogP contribution in [0, 0.1) is 17.8 Å². The summed E-state index contributed by atoms with van der Waals surface area (Å²) in [6, 6.07) is 0.491. The lowest BCUT2D eigenvalue weighted by molar-refractivity contribution is 0.275. The minimum absolute atomic E-state index is 0.491. The zero-order chi connectivity index (χ0) is 9.97. The summed E-state index contributed by atoms with van der Waals surface area (Å²) >= 11 is 0. The lowest BCUT2D eigenvalue weighted by Gasteiger charge is -2.27. The zero-order valence-electron chi connectivity index (χ0n) is 9.54. The monoisotopic (exact) mass is 195 g/mol. The molecule has 2 saturated carbocycles. The molecule has 1 heteroatoms. The second kappa shape index (κ2) is 4.65. The highest BCUT2D eigenvalue weighted by Gasteiger charge is 2.32. The van der Waals surface area contributed by atoms with E-state index in [0.29, 0.717) is 6.04 Å². The summed E-state index contributed by atoms with van der Waals surface area (Å²) in [4.78, 5) is 0. The Morgan fingerprint density at radius 2 is 1.71 bits per heavy atom. The molecule has 2 aliphatic rings. The van der Waals surface area contributed by atoms with Gasteiger partial charge < -0.3 is 5.73 Å². The van der Waals surface area contributed by atoms with Crippen LogP contribution in [0.2, 0.25) is 0 Å². The molecule has 0 aliphatic heterocycles. The van der Waals surface area contributed by atoms with Crippen molar-refractivity contribution in [3.05, 3.63) is 0 Å². The van der Waals surface area contributed by atoms with Crippen molar-refractivity contribution in [2.75, 3.05) is 0 Å². The van der Waals surface area contributed by atoms with Gasteiger partial charge in [0.2, 0.25) is 0 Å². The zero-order valence-corrected chi connectivity index (χ0v) is 9.54. The molecular formula is C13H25N. The van der Waals surface area contributed by atoms with Gasteiger partial charge in [-0.3, -0.25) is 0 Å². The van der Waals surface area contributed by atoms with E-state index in [1.54, 1.807) is 0 Å². The molecule has 2 aliphatic carbocycles. The summed E-state index contributed by atoms with van der Waals surface area (Å²) in [6.45, 7) is 2.37. The predicted molar refractivity (Wildman–Crippen MR) is 61.1 cm³/mol. The number of nitrogens with two attached hydrogens (primary N) is 1. The fourth-order valence-electron chi connectivity index (χ4n) is 2.99. The van der Waals surface area contributed by atoms with Crippen LogP contribution in [0.25, 0.3) is 0 Å². The summed E-state index contributed by atoms with van der Waals surface area (Å²) in [7, 11) is 0. The molecule has 82 valence electrons. The average Bonchev–Trinajstić information content (AvgIpc) is 3.01. The van der Waals surface area contributed by atoms with E-state index in [1.165, 1.54) is 51.4 Å². The Hall–Kier alpha value is -0.0400. The van der Waals surface area contributed by atoms with E-state index >= 15 is 0 Å². The summed E-state index contributed by atoms with van der Waals surface area (Å²) in [5, 5.41) is 0. The highest BCUT2D eigenvalue weighted by atomic mass is 14.7. The fraction of sp³-hybridized carbons (Fsp3) is 1.00. The Labute approximate surface area is 88.4 Å². The maximum atomic E-state index is 6.29. The van der Waals surface area contributed by atoms with Crippen molar-refractivity contribution in [3.63, 3.8) is 0 Å². The number of rotatable bonds is 4. The van der Waals surface area contributed by atoms with Crippen LogP contribution in [0.3, 0.4) is 0 Å². The van der Waals surface area contributed by atoms with E-state index in [0.717, 1.165) is 17.8 Å². The smallest absolute Gasteiger partial charge is 0.00698 e. The lowest BCUT2D eigenvalue weighted by Crippen LogP contribution is -2.32. The molecule has 1 nitrogen and oxygen atoms in total.